The summed E-state index contributed by atoms with van der Waals surface area (Å²) in [6, 6.07) is 7.51. The van der Waals surface area contributed by atoms with Gasteiger partial charge in [0.2, 0.25) is 5.91 Å². The van der Waals surface area contributed by atoms with E-state index in [0.717, 1.165) is 11.0 Å². The van der Waals surface area contributed by atoms with Crippen LogP contribution in [0.25, 0.3) is 11.0 Å². The zero-order valence-electron chi connectivity index (χ0n) is 13.6. The first kappa shape index (κ1) is 19.3. The van der Waals surface area contributed by atoms with Crippen molar-refractivity contribution in [2.75, 3.05) is 13.1 Å². The molecule has 0 fully saturated rings. The van der Waals surface area contributed by atoms with E-state index < -0.39 is 5.41 Å². The zero-order valence-corrected chi connectivity index (χ0v) is 14.4. The van der Waals surface area contributed by atoms with E-state index in [9.17, 15) is 9.59 Å². The molecular formula is C16H25ClN4O2. The molecule has 1 heterocycles. The number of nitrogens with two attached hydrogens (primary N) is 1. The van der Waals surface area contributed by atoms with E-state index in [1.807, 2.05) is 38.1 Å². The predicted molar refractivity (Wildman–Crippen MR) is 94.9 cm³/mol. The molecule has 128 valence electrons. The van der Waals surface area contributed by atoms with Crippen LogP contribution in [0.5, 0.6) is 0 Å². The fourth-order valence-electron chi connectivity index (χ4n) is 2.75. The first-order valence-electron chi connectivity index (χ1n) is 7.74. The summed E-state index contributed by atoms with van der Waals surface area (Å²) in [5.74, 6) is -0.0344. The first-order chi connectivity index (χ1) is 10.6. The summed E-state index contributed by atoms with van der Waals surface area (Å²) in [7, 11) is 0. The number of carbonyl (C=O) groups excluding carboxylic acids is 1. The Balaban J connectivity index is 0.00000264. The van der Waals surface area contributed by atoms with Gasteiger partial charge in [0.1, 0.15) is 0 Å². The largest absolute Gasteiger partial charge is 0.354 e. The van der Waals surface area contributed by atoms with E-state index in [2.05, 4.69) is 10.3 Å². The van der Waals surface area contributed by atoms with Crippen LogP contribution in [-0.2, 0) is 11.3 Å². The number of benzene rings is 1. The zero-order chi connectivity index (χ0) is 16.2. The normalized spacial score (nSPS) is 11.3. The van der Waals surface area contributed by atoms with Crippen molar-refractivity contribution < 1.29 is 4.79 Å². The molecule has 0 spiro atoms. The van der Waals surface area contributed by atoms with Gasteiger partial charge in [-0.15, -0.1) is 12.4 Å². The van der Waals surface area contributed by atoms with Crippen molar-refractivity contribution in [3.8, 4) is 0 Å². The predicted octanol–water partition coefficient (Wildman–Crippen LogP) is 1.63. The van der Waals surface area contributed by atoms with Gasteiger partial charge >= 0.3 is 5.69 Å². The Hall–Kier alpha value is -1.79. The molecule has 0 aliphatic carbocycles. The van der Waals surface area contributed by atoms with Gasteiger partial charge in [-0.25, -0.2) is 4.79 Å². The number of rotatable bonds is 7. The number of para-hydroxylation sites is 2. The molecule has 0 saturated carbocycles. The number of fused-ring (bicyclic) bond motifs is 1. The molecule has 1 aromatic heterocycles. The summed E-state index contributed by atoms with van der Waals surface area (Å²) in [6.07, 6.45) is 1.41. The van der Waals surface area contributed by atoms with E-state index in [0.29, 0.717) is 32.5 Å². The molecule has 6 nitrogen and oxygen atoms in total. The third kappa shape index (κ3) is 3.76. The molecular weight excluding hydrogens is 316 g/mol. The maximum atomic E-state index is 12.3. The maximum absolute atomic E-state index is 12.3. The van der Waals surface area contributed by atoms with Crippen molar-refractivity contribution in [3.05, 3.63) is 34.7 Å². The molecule has 7 heteroatoms. The van der Waals surface area contributed by atoms with Crippen LogP contribution in [0.1, 0.15) is 26.7 Å². The van der Waals surface area contributed by atoms with E-state index in [1.165, 1.54) is 0 Å². The number of carbonyl (C=O) groups is 1. The second-order valence-corrected chi connectivity index (χ2v) is 5.55. The number of nitrogens with one attached hydrogen (secondary N) is 2. The lowest BCUT2D eigenvalue weighted by atomic mass is 9.81. The molecule has 0 saturated heterocycles. The van der Waals surface area contributed by atoms with Crippen molar-refractivity contribution in [2.24, 2.45) is 11.1 Å². The molecule has 0 bridgehead atoms. The van der Waals surface area contributed by atoms with Crippen LogP contribution in [0.2, 0.25) is 0 Å². The number of aromatic nitrogens is 2. The molecule has 0 aliphatic heterocycles. The highest BCUT2D eigenvalue weighted by Gasteiger charge is 2.32. The Bertz CT molecular complexity index is 695. The van der Waals surface area contributed by atoms with Gasteiger partial charge in [-0.1, -0.05) is 26.0 Å². The average molecular weight is 341 g/mol. The minimum atomic E-state index is -0.509. The van der Waals surface area contributed by atoms with Crippen LogP contribution in [0.4, 0.5) is 0 Å². The summed E-state index contributed by atoms with van der Waals surface area (Å²) in [5, 5.41) is 2.91. The van der Waals surface area contributed by atoms with Crippen molar-refractivity contribution in [1.82, 2.24) is 14.9 Å². The summed E-state index contributed by atoms with van der Waals surface area (Å²) < 4.78 is 1.64. The Kier molecular flexibility index (Phi) is 6.84. The standard InChI is InChI=1S/C16H24N4O2.ClH/c1-3-16(4-2,11-17)14(21)18-9-10-20-13-8-6-5-7-12(13)19-15(20)22;/h5-8H,3-4,9-11,17H2,1-2H3,(H,18,21)(H,19,22);1H. The number of halogens is 1. The van der Waals surface area contributed by atoms with Gasteiger partial charge in [0.25, 0.3) is 0 Å². The lowest BCUT2D eigenvalue weighted by Gasteiger charge is -2.28. The van der Waals surface area contributed by atoms with Crippen LogP contribution in [-0.4, -0.2) is 28.5 Å². The van der Waals surface area contributed by atoms with Crippen LogP contribution >= 0.6 is 12.4 Å². The molecule has 2 rings (SSSR count). The van der Waals surface area contributed by atoms with Crippen molar-refractivity contribution >= 4 is 29.3 Å². The number of hydrogen-bond donors (Lipinski definition) is 3. The SMILES string of the molecule is CCC(CC)(CN)C(=O)NCCn1c(=O)[nH]c2ccccc21.Cl. The van der Waals surface area contributed by atoms with E-state index in [1.54, 1.807) is 4.57 Å². The van der Waals surface area contributed by atoms with Gasteiger partial charge in [-0.3, -0.25) is 9.36 Å². The Labute approximate surface area is 141 Å². The minimum Gasteiger partial charge on any atom is -0.354 e. The molecule has 1 amide bonds. The Morgan fingerprint density at radius 1 is 1.30 bits per heavy atom. The average Bonchev–Trinajstić information content (AvgIpc) is 2.85. The fraction of sp³-hybridized carbons (Fsp3) is 0.500. The first-order valence-corrected chi connectivity index (χ1v) is 7.74. The van der Waals surface area contributed by atoms with Crippen molar-refractivity contribution in [2.45, 2.75) is 33.2 Å². The van der Waals surface area contributed by atoms with Gasteiger partial charge in [-0.05, 0) is 25.0 Å². The number of imidazole rings is 1. The van der Waals surface area contributed by atoms with E-state index in [-0.39, 0.29) is 24.0 Å². The third-order valence-corrected chi connectivity index (χ3v) is 4.53. The summed E-state index contributed by atoms with van der Waals surface area (Å²) in [5.41, 5.74) is 6.75. The van der Waals surface area contributed by atoms with Crippen molar-refractivity contribution in [3.63, 3.8) is 0 Å². The topological polar surface area (TPSA) is 92.9 Å². The highest BCUT2D eigenvalue weighted by atomic mass is 35.5. The molecule has 4 N–H and O–H groups in total. The molecule has 0 unspecified atom stereocenters. The number of amides is 1. The van der Waals surface area contributed by atoms with Gasteiger partial charge in [0.05, 0.1) is 16.4 Å². The second-order valence-electron chi connectivity index (χ2n) is 5.55. The van der Waals surface area contributed by atoms with Crippen LogP contribution in [0.3, 0.4) is 0 Å². The van der Waals surface area contributed by atoms with Crippen LogP contribution in [0.15, 0.2) is 29.1 Å². The molecule has 23 heavy (non-hydrogen) atoms. The lowest BCUT2D eigenvalue weighted by Crippen LogP contribution is -2.46. The van der Waals surface area contributed by atoms with E-state index >= 15 is 0 Å². The van der Waals surface area contributed by atoms with E-state index in [4.69, 9.17) is 5.73 Å². The number of nitrogens with zero attached hydrogens (tertiary/aromatic N) is 1. The second kappa shape index (κ2) is 8.17. The summed E-state index contributed by atoms with van der Waals surface area (Å²) in [6.45, 7) is 5.12. The minimum absolute atomic E-state index is 0. The maximum Gasteiger partial charge on any atom is 0.326 e. The fourth-order valence-corrected chi connectivity index (χ4v) is 2.75. The summed E-state index contributed by atoms with van der Waals surface area (Å²) >= 11 is 0. The van der Waals surface area contributed by atoms with Gasteiger partial charge in [0, 0.05) is 19.6 Å². The Morgan fingerprint density at radius 3 is 2.57 bits per heavy atom. The van der Waals surface area contributed by atoms with Crippen molar-refractivity contribution in [1.29, 1.82) is 0 Å². The quantitative estimate of drug-likeness (QED) is 0.715. The molecule has 0 aliphatic rings. The summed E-state index contributed by atoms with van der Waals surface area (Å²) in [4.78, 5) is 27.1. The Morgan fingerprint density at radius 2 is 1.96 bits per heavy atom. The molecule has 1 aromatic carbocycles. The highest BCUT2D eigenvalue weighted by molar-refractivity contribution is 5.85. The monoisotopic (exact) mass is 340 g/mol. The number of H-pyrrole nitrogens is 1. The number of hydrogen-bond acceptors (Lipinski definition) is 3. The lowest BCUT2D eigenvalue weighted by molar-refractivity contribution is -0.131. The van der Waals surface area contributed by atoms with Gasteiger partial charge in [-0.2, -0.15) is 0 Å². The molecule has 2 aromatic rings. The molecule has 0 radical (unpaired) electrons. The highest BCUT2D eigenvalue weighted by Crippen LogP contribution is 2.24. The third-order valence-electron chi connectivity index (χ3n) is 4.53. The van der Waals surface area contributed by atoms with Crippen LogP contribution < -0.4 is 16.7 Å². The molecule has 0 atom stereocenters. The smallest absolute Gasteiger partial charge is 0.326 e. The van der Waals surface area contributed by atoms with Gasteiger partial charge < -0.3 is 16.0 Å². The van der Waals surface area contributed by atoms with Crippen LogP contribution in [0, 0.1) is 5.41 Å². The van der Waals surface area contributed by atoms with Gasteiger partial charge in [0.15, 0.2) is 0 Å². The number of aromatic amines is 1.